The fourth-order valence-electron chi connectivity index (χ4n) is 3.95. The SMILES string of the molecule is FC(F)(F)c1cccc(OC2=CCN(CCCN(c3ccccc3)c3ccccc3)CC2)c1.O=C(O)C(=O)O. The molecule has 0 saturated heterocycles. The zero-order chi connectivity index (χ0) is 28.3. The molecule has 0 aromatic heterocycles. The molecule has 206 valence electrons. The van der Waals surface area contributed by atoms with Crippen LogP contribution in [0.15, 0.2) is 96.8 Å². The highest BCUT2D eigenvalue weighted by Gasteiger charge is 2.30. The number of carboxylic acid groups (broad SMARTS) is 2. The molecule has 4 rings (SSSR count). The van der Waals surface area contributed by atoms with Gasteiger partial charge in [0, 0.05) is 44.0 Å². The van der Waals surface area contributed by atoms with Crippen LogP contribution in [-0.4, -0.2) is 53.2 Å². The highest BCUT2D eigenvalue weighted by Crippen LogP contribution is 2.32. The lowest BCUT2D eigenvalue weighted by atomic mass is 10.2. The van der Waals surface area contributed by atoms with E-state index in [2.05, 4.69) is 34.1 Å². The van der Waals surface area contributed by atoms with Gasteiger partial charge in [0.15, 0.2) is 0 Å². The second-order valence-corrected chi connectivity index (χ2v) is 8.64. The van der Waals surface area contributed by atoms with Crippen molar-refractivity contribution in [3.8, 4) is 5.75 Å². The molecule has 0 unspecified atom stereocenters. The van der Waals surface area contributed by atoms with Crippen LogP contribution in [0, 0.1) is 0 Å². The smallest absolute Gasteiger partial charge is 0.416 e. The van der Waals surface area contributed by atoms with Crippen LogP contribution in [-0.2, 0) is 15.8 Å². The molecule has 0 radical (unpaired) electrons. The molecule has 1 aliphatic heterocycles. The molecular weight excluding hydrogens is 513 g/mol. The summed E-state index contributed by atoms with van der Waals surface area (Å²) in [5.74, 6) is -2.70. The van der Waals surface area contributed by atoms with Crippen molar-refractivity contribution in [1.82, 2.24) is 4.90 Å². The van der Waals surface area contributed by atoms with Gasteiger partial charge in [-0.3, -0.25) is 4.90 Å². The van der Waals surface area contributed by atoms with Gasteiger partial charge in [-0.1, -0.05) is 42.5 Å². The molecular formula is C29H29F3N2O5. The first-order valence-corrected chi connectivity index (χ1v) is 12.2. The van der Waals surface area contributed by atoms with Crippen molar-refractivity contribution in [2.75, 3.05) is 31.1 Å². The molecule has 2 N–H and O–H groups in total. The lowest BCUT2D eigenvalue weighted by molar-refractivity contribution is -0.159. The molecule has 7 nitrogen and oxygen atoms in total. The van der Waals surface area contributed by atoms with Gasteiger partial charge in [-0.05, 0) is 55.0 Å². The zero-order valence-electron chi connectivity index (χ0n) is 21.1. The summed E-state index contributed by atoms with van der Waals surface area (Å²) in [6, 6.07) is 25.7. The highest BCUT2D eigenvalue weighted by atomic mass is 19.4. The first-order chi connectivity index (χ1) is 18.6. The van der Waals surface area contributed by atoms with Crippen LogP contribution in [0.5, 0.6) is 5.75 Å². The summed E-state index contributed by atoms with van der Waals surface area (Å²) < 4.78 is 44.5. The van der Waals surface area contributed by atoms with Crippen LogP contribution in [0.1, 0.15) is 18.4 Å². The Hall–Kier alpha value is -4.31. The summed E-state index contributed by atoms with van der Waals surface area (Å²) in [6.07, 6.45) is -0.737. The Balaban J connectivity index is 0.000000631. The molecule has 0 amide bonds. The first-order valence-electron chi connectivity index (χ1n) is 12.2. The number of carbonyl (C=O) groups is 2. The number of halogens is 3. The average molecular weight is 543 g/mol. The van der Waals surface area contributed by atoms with Crippen LogP contribution in [0.4, 0.5) is 24.5 Å². The van der Waals surface area contributed by atoms with Gasteiger partial charge in [0.2, 0.25) is 0 Å². The van der Waals surface area contributed by atoms with Gasteiger partial charge < -0.3 is 19.8 Å². The number of alkyl halides is 3. The van der Waals surface area contributed by atoms with E-state index in [1.54, 1.807) is 6.07 Å². The van der Waals surface area contributed by atoms with E-state index in [-0.39, 0.29) is 5.75 Å². The molecule has 1 aliphatic rings. The topological polar surface area (TPSA) is 90.3 Å². The zero-order valence-corrected chi connectivity index (χ0v) is 21.1. The summed E-state index contributed by atoms with van der Waals surface area (Å²) in [5, 5.41) is 14.8. The number of benzene rings is 3. The Bertz CT molecular complexity index is 1200. The van der Waals surface area contributed by atoms with E-state index in [0.29, 0.717) is 6.42 Å². The number of hydrogen-bond donors (Lipinski definition) is 2. The Morgan fingerprint density at radius 3 is 1.95 bits per heavy atom. The minimum Gasteiger partial charge on any atom is -0.473 e. The summed E-state index contributed by atoms with van der Waals surface area (Å²) in [6.45, 7) is 3.37. The quantitative estimate of drug-likeness (QED) is 0.335. The second-order valence-electron chi connectivity index (χ2n) is 8.64. The standard InChI is InChI=1S/C27H27F3N2O.C2H2O4/c28-27(29,30)22-9-7-14-26(21-22)33-25-15-19-31(20-16-25)17-8-18-32(23-10-3-1-4-11-23)24-12-5-2-6-13-24;3-1(4)2(5)6/h1-7,9-15,21H,8,16-20H2;(H,3,4)(H,5,6). The van der Waals surface area contributed by atoms with E-state index >= 15 is 0 Å². The second kappa shape index (κ2) is 14.0. The van der Waals surface area contributed by atoms with Crippen LogP contribution in [0.2, 0.25) is 0 Å². The van der Waals surface area contributed by atoms with Crippen molar-refractivity contribution >= 4 is 23.3 Å². The predicted octanol–water partition coefficient (Wildman–Crippen LogP) is 6.06. The van der Waals surface area contributed by atoms with E-state index < -0.39 is 23.7 Å². The van der Waals surface area contributed by atoms with Crippen molar-refractivity contribution in [3.63, 3.8) is 0 Å². The van der Waals surface area contributed by atoms with Crippen LogP contribution < -0.4 is 9.64 Å². The van der Waals surface area contributed by atoms with Gasteiger partial charge in [-0.15, -0.1) is 0 Å². The van der Waals surface area contributed by atoms with Crippen molar-refractivity contribution in [1.29, 1.82) is 0 Å². The molecule has 0 spiro atoms. The van der Waals surface area contributed by atoms with Crippen molar-refractivity contribution in [2.24, 2.45) is 0 Å². The third kappa shape index (κ3) is 9.50. The van der Waals surface area contributed by atoms with E-state index in [4.69, 9.17) is 24.5 Å². The van der Waals surface area contributed by atoms with E-state index in [1.807, 2.05) is 42.5 Å². The summed E-state index contributed by atoms with van der Waals surface area (Å²) in [5.41, 5.74) is 1.64. The Morgan fingerprint density at radius 2 is 1.46 bits per heavy atom. The van der Waals surface area contributed by atoms with E-state index in [1.165, 1.54) is 17.4 Å². The van der Waals surface area contributed by atoms with Crippen molar-refractivity contribution < 1.29 is 37.7 Å². The molecule has 3 aromatic carbocycles. The molecule has 0 aliphatic carbocycles. The van der Waals surface area contributed by atoms with Gasteiger partial charge in [0.25, 0.3) is 0 Å². The van der Waals surface area contributed by atoms with Gasteiger partial charge in [0.05, 0.1) is 5.56 Å². The number of ether oxygens (including phenoxy) is 1. The summed E-state index contributed by atoms with van der Waals surface area (Å²) in [7, 11) is 0. The summed E-state index contributed by atoms with van der Waals surface area (Å²) in [4.78, 5) is 22.9. The molecule has 39 heavy (non-hydrogen) atoms. The van der Waals surface area contributed by atoms with Crippen LogP contribution >= 0.6 is 0 Å². The Kier molecular flexibility index (Phi) is 10.5. The monoisotopic (exact) mass is 542 g/mol. The number of anilines is 2. The van der Waals surface area contributed by atoms with Gasteiger partial charge in [-0.25, -0.2) is 9.59 Å². The number of para-hydroxylation sites is 2. The van der Waals surface area contributed by atoms with Gasteiger partial charge in [0.1, 0.15) is 11.5 Å². The van der Waals surface area contributed by atoms with Crippen LogP contribution in [0.25, 0.3) is 0 Å². The van der Waals surface area contributed by atoms with Gasteiger partial charge >= 0.3 is 18.1 Å². The molecule has 1 heterocycles. The maximum Gasteiger partial charge on any atom is 0.416 e. The van der Waals surface area contributed by atoms with Crippen molar-refractivity contribution in [2.45, 2.75) is 19.0 Å². The lowest BCUT2D eigenvalue weighted by Gasteiger charge is -2.29. The average Bonchev–Trinajstić information content (AvgIpc) is 2.93. The molecule has 0 saturated carbocycles. The number of rotatable bonds is 8. The highest BCUT2D eigenvalue weighted by molar-refractivity contribution is 6.27. The minimum atomic E-state index is -4.37. The lowest BCUT2D eigenvalue weighted by Crippen LogP contribution is -2.32. The molecule has 0 atom stereocenters. The van der Waals surface area contributed by atoms with Crippen LogP contribution in [0.3, 0.4) is 0 Å². The predicted molar refractivity (Wildman–Crippen MR) is 141 cm³/mol. The summed E-state index contributed by atoms with van der Waals surface area (Å²) >= 11 is 0. The first kappa shape index (κ1) is 29.2. The fraction of sp³-hybridized carbons (Fsp3) is 0.241. The molecule has 0 fully saturated rings. The maximum atomic E-state index is 12.9. The number of nitrogens with zero attached hydrogens (tertiary/aromatic N) is 2. The van der Waals surface area contributed by atoms with Gasteiger partial charge in [-0.2, -0.15) is 13.2 Å². The molecule has 10 heteroatoms. The maximum absolute atomic E-state index is 12.9. The largest absolute Gasteiger partial charge is 0.473 e. The van der Waals surface area contributed by atoms with Crippen molar-refractivity contribution in [3.05, 3.63) is 102 Å². The fourth-order valence-corrected chi connectivity index (χ4v) is 3.95. The minimum absolute atomic E-state index is 0.228. The third-order valence-electron chi connectivity index (χ3n) is 5.84. The third-order valence-corrected chi connectivity index (χ3v) is 5.84. The van der Waals surface area contributed by atoms with E-state index in [9.17, 15) is 13.2 Å². The molecule has 0 bridgehead atoms. The number of carboxylic acids is 2. The Morgan fingerprint density at radius 1 is 0.872 bits per heavy atom. The van der Waals surface area contributed by atoms with E-state index in [0.717, 1.165) is 50.5 Å². The number of aliphatic carboxylic acids is 2. The molecule has 3 aromatic rings. The Labute approximate surface area is 224 Å². The normalized spacial score (nSPS) is 13.5. The number of hydrogen-bond acceptors (Lipinski definition) is 5.